The van der Waals surface area contributed by atoms with Crippen LogP contribution in [0.3, 0.4) is 0 Å². The number of ketones is 1. The summed E-state index contributed by atoms with van der Waals surface area (Å²) in [6.45, 7) is 3.98. The third-order valence-electron chi connectivity index (χ3n) is 4.59. The number of halogens is 1. The Balaban J connectivity index is 1.54. The zero-order valence-corrected chi connectivity index (χ0v) is 18.3. The zero-order chi connectivity index (χ0) is 20.4. The van der Waals surface area contributed by atoms with Crippen molar-refractivity contribution in [1.29, 1.82) is 0 Å². The highest BCUT2D eigenvalue weighted by Crippen LogP contribution is 2.25. The molecule has 4 aromatic rings. The Bertz CT molecular complexity index is 1150. The van der Waals surface area contributed by atoms with Crippen LogP contribution in [-0.2, 0) is 0 Å². The molecule has 0 bridgehead atoms. The Morgan fingerprint density at radius 1 is 1.03 bits per heavy atom. The molecule has 0 N–H and O–H groups in total. The van der Waals surface area contributed by atoms with E-state index in [9.17, 15) is 4.79 Å². The van der Waals surface area contributed by atoms with Gasteiger partial charge in [-0.25, -0.2) is 0 Å². The fourth-order valence-corrected chi connectivity index (χ4v) is 4.28. The number of para-hydroxylation sites is 1. The fraction of sp³-hybridized carbons (Fsp3) is 0.143. The normalized spacial score (nSPS) is 11.0. The molecule has 0 amide bonds. The Morgan fingerprint density at radius 2 is 1.76 bits per heavy atom. The van der Waals surface area contributed by atoms with Gasteiger partial charge < -0.3 is 4.57 Å². The highest BCUT2D eigenvalue weighted by atomic mass is 79.9. The van der Waals surface area contributed by atoms with E-state index in [1.165, 1.54) is 11.8 Å². The lowest BCUT2D eigenvalue weighted by molar-refractivity contribution is 0.102. The predicted octanol–water partition coefficient (Wildman–Crippen LogP) is 4.81. The summed E-state index contributed by atoms with van der Waals surface area (Å²) in [7, 11) is 0. The lowest BCUT2D eigenvalue weighted by Gasteiger charge is -2.10. The maximum atomic E-state index is 12.9. The molecule has 2 heterocycles. The van der Waals surface area contributed by atoms with Crippen LogP contribution in [0.5, 0.6) is 0 Å². The molecule has 8 heteroatoms. The van der Waals surface area contributed by atoms with Crippen LogP contribution < -0.4 is 0 Å². The van der Waals surface area contributed by atoms with Gasteiger partial charge in [-0.15, -0.1) is 5.10 Å². The molecular weight excluding hydrogens is 450 g/mol. The molecule has 0 aliphatic heterocycles. The first-order valence-electron chi connectivity index (χ1n) is 8.99. The monoisotopic (exact) mass is 467 g/mol. The molecule has 0 spiro atoms. The van der Waals surface area contributed by atoms with Crippen molar-refractivity contribution in [2.75, 3.05) is 5.75 Å². The molecule has 2 aromatic heterocycles. The van der Waals surface area contributed by atoms with Crippen molar-refractivity contribution in [3.63, 3.8) is 0 Å². The summed E-state index contributed by atoms with van der Waals surface area (Å²) in [5.74, 6) is 0.312. The molecule has 4 rings (SSSR count). The molecule has 6 nitrogen and oxygen atoms in total. The Hall–Kier alpha value is -2.71. The van der Waals surface area contributed by atoms with Crippen molar-refractivity contribution in [2.45, 2.75) is 19.0 Å². The summed E-state index contributed by atoms with van der Waals surface area (Å²) in [5, 5.41) is 12.4. The summed E-state index contributed by atoms with van der Waals surface area (Å²) < 4.78 is 4.76. The predicted molar refractivity (Wildman–Crippen MR) is 117 cm³/mol. The largest absolute Gasteiger partial charge is 0.318 e. The van der Waals surface area contributed by atoms with Gasteiger partial charge in [-0.1, -0.05) is 45.9 Å². The molecule has 146 valence electrons. The van der Waals surface area contributed by atoms with Crippen molar-refractivity contribution >= 4 is 33.5 Å². The number of aromatic nitrogens is 5. The van der Waals surface area contributed by atoms with E-state index in [1.54, 1.807) is 4.68 Å². The van der Waals surface area contributed by atoms with Crippen LogP contribution in [0.25, 0.3) is 11.4 Å². The van der Waals surface area contributed by atoms with Crippen LogP contribution in [0, 0.1) is 13.8 Å². The molecule has 0 saturated heterocycles. The second kappa shape index (κ2) is 8.34. The number of carbonyl (C=O) groups excluding carboxylic acids is 1. The minimum absolute atomic E-state index is 0.0501. The number of benzene rings is 2. The summed E-state index contributed by atoms with van der Waals surface area (Å²) in [4.78, 5) is 12.9. The first-order chi connectivity index (χ1) is 14.0. The molecule has 0 aliphatic rings. The number of rotatable bonds is 6. The van der Waals surface area contributed by atoms with E-state index in [0.717, 1.165) is 32.8 Å². The van der Waals surface area contributed by atoms with Gasteiger partial charge in [0.2, 0.25) is 5.16 Å². The number of thioether (sulfide) groups is 1. The van der Waals surface area contributed by atoms with Crippen LogP contribution in [0.4, 0.5) is 0 Å². The summed E-state index contributed by atoms with van der Waals surface area (Å²) in [6.07, 6.45) is 0. The van der Waals surface area contributed by atoms with Gasteiger partial charge in [-0.2, -0.15) is 4.68 Å². The summed E-state index contributed by atoms with van der Waals surface area (Å²) >= 11 is 4.80. The van der Waals surface area contributed by atoms with Gasteiger partial charge in [-0.3, -0.25) is 4.79 Å². The first kappa shape index (κ1) is 19.6. The maximum absolute atomic E-state index is 12.9. The molecule has 0 radical (unpaired) electrons. The Morgan fingerprint density at radius 3 is 2.48 bits per heavy atom. The van der Waals surface area contributed by atoms with E-state index >= 15 is 0 Å². The standard InChI is InChI=1S/C21H18BrN5OS/c1-14-12-19(15(2)26(14)17-10-8-16(22)9-11-17)20(28)13-29-21-23-24-25-27(21)18-6-4-3-5-7-18/h3-12H,13H2,1-2H3. The molecule has 0 unspecified atom stereocenters. The highest BCUT2D eigenvalue weighted by molar-refractivity contribution is 9.10. The van der Waals surface area contributed by atoms with Crippen molar-refractivity contribution in [2.24, 2.45) is 0 Å². The van der Waals surface area contributed by atoms with Crippen molar-refractivity contribution in [1.82, 2.24) is 24.8 Å². The number of Topliss-reactive ketones (excluding diaryl/α,β-unsaturated/α-hetero) is 1. The van der Waals surface area contributed by atoms with Crippen LogP contribution >= 0.6 is 27.7 Å². The highest BCUT2D eigenvalue weighted by Gasteiger charge is 2.18. The van der Waals surface area contributed by atoms with Crippen molar-refractivity contribution in [3.05, 3.63) is 82.1 Å². The van der Waals surface area contributed by atoms with E-state index in [1.807, 2.05) is 74.5 Å². The molecule has 2 aromatic carbocycles. The van der Waals surface area contributed by atoms with Crippen LogP contribution in [-0.4, -0.2) is 36.3 Å². The number of aryl methyl sites for hydroxylation is 1. The van der Waals surface area contributed by atoms with E-state index in [2.05, 4.69) is 36.0 Å². The average Bonchev–Trinajstić information content (AvgIpc) is 3.32. The summed E-state index contributed by atoms with van der Waals surface area (Å²) in [5.41, 5.74) is 4.56. The van der Waals surface area contributed by atoms with Gasteiger partial charge in [0.15, 0.2) is 5.78 Å². The minimum Gasteiger partial charge on any atom is -0.318 e. The molecule has 0 saturated carbocycles. The minimum atomic E-state index is 0.0501. The van der Waals surface area contributed by atoms with Crippen molar-refractivity contribution < 1.29 is 4.79 Å². The molecule has 0 aliphatic carbocycles. The number of hydrogen-bond donors (Lipinski definition) is 0. The third-order valence-corrected chi connectivity index (χ3v) is 6.04. The maximum Gasteiger partial charge on any atom is 0.214 e. The van der Waals surface area contributed by atoms with Gasteiger partial charge >= 0.3 is 0 Å². The Kier molecular flexibility index (Phi) is 5.64. The molecular formula is C21H18BrN5OS. The number of hydrogen-bond acceptors (Lipinski definition) is 5. The second-order valence-electron chi connectivity index (χ2n) is 6.52. The SMILES string of the molecule is Cc1cc(C(=O)CSc2nnnn2-c2ccccc2)c(C)n1-c1ccc(Br)cc1. The lowest BCUT2D eigenvalue weighted by Crippen LogP contribution is -2.07. The second-order valence-corrected chi connectivity index (χ2v) is 8.38. The van der Waals surface area contributed by atoms with Gasteiger partial charge in [0, 0.05) is 27.1 Å². The van der Waals surface area contributed by atoms with Crippen molar-refractivity contribution in [3.8, 4) is 11.4 Å². The van der Waals surface area contributed by atoms with E-state index in [4.69, 9.17) is 0 Å². The van der Waals surface area contributed by atoms with E-state index in [-0.39, 0.29) is 11.5 Å². The van der Waals surface area contributed by atoms with Crippen LogP contribution in [0.15, 0.2) is 70.3 Å². The average molecular weight is 468 g/mol. The fourth-order valence-electron chi connectivity index (χ4n) is 3.24. The van der Waals surface area contributed by atoms with Gasteiger partial charge in [0.05, 0.1) is 11.4 Å². The molecule has 0 fully saturated rings. The van der Waals surface area contributed by atoms with E-state index < -0.39 is 0 Å². The van der Waals surface area contributed by atoms with Crippen LogP contribution in [0.2, 0.25) is 0 Å². The number of nitrogens with zero attached hydrogens (tertiary/aromatic N) is 5. The Labute approximate surface area is 181 Å². The van der Waals surface area contributed by atoms with E-state index in [0.29, 0.717) is 5.16 Å². The van der Waals surface area contributed by atoms with Gasteiger partial charge in [0.25, 0.3) is 0 Å². The number of carbonyl (C=O) groups is 1. The van der Waals surface area contributed by atoms with Gasteiger partial charge in [0.1, 0.15) is 0 Å². The topological polar surface area (TPSA) is 65.6 Å². The zero-order valence-electron chi connectivity index (χ0n) is 15.9. The smallest absolute Gasteiger partial charge is 0.214 e. The third kappa shape index (κ3) is 4.04. The lowest BCUT2D eigenvalue weighted by atomic mass is 10.2. The first-order valence-corrected chi connectivity index (χ1v) is 10.8. The molecule has 0 atom stereocenters. The van der Waals surface area contributed by atoms with Crippen LogP contribution in [0.1, 0.15) is 21.7 Å². The quantitative estimate of drug-likeness (QED) is 0.300. The summed E-state index contributed by atoms with van der Waals surface area (Å²) in [6, 6.07) is 19.6. The van der Waals surface area contributed by atoms with Gasteiger partial charge in [-0.05, 0) is 66.7 Å². The molecule has 29 heavy (non-hydrogen) atoms. The number of tetrazole rings is 1.